The summed E-state index contributed by atoms with van der Waals surface area (Å²) in [4.78, 5) is 14.2. The van der Waals surface area contributed by atoms with Crippen LogP contribution in [0.3, 0.4) is 0 Å². The molecule has 0 aromatic rings. The van der Waals surface area contributed by atoms with Crippen molar-refractivity contribution in [2.24, 2.45) is 11.8 Å². The van der Waals surface area contributed by atoms with E-state index < -0.39 is 0 Å². The zero-order chi connectivity index (χ0) is 12.1. The van der Waals surface area contributed by atoms with Gasteiger partial charge in [0.05, 0.1) is 12.6 Å². The Bertz CT molecular complexity index is 228. The molecule has 1 amide bonds. The van der Waals surface area contributed by atoms with Gasteiger partial charge in [-0.1, -0.05) is 33.6 Å². The molecule has 0 spiro atoms. The Hall–Kier alpha value is -0.570. The van der Waals surface area contributed by atoms with E-state index in [4.69, 9.17) is 0 Å². The summed E-state index contributed by atoms with van der Waals surface area (Å²) in [5.41, 5.74) is 0. The Morgan fingerprint density at radius 2 is 2.00 bits per heavy atom. The van der Waals surface area contributed by atoms with Crippen molar-refractivity contribution >= 4 is 5.91 Å². The molecular formula is C13H25NO2. The molecule has 1 aliphatic rings. The van der Waals surface area contributed by atoms with Crippen LogP contribution in [-0.4, -0.2) is 35.1 Å². The van der Waals surface area contributed by atoms with Gasteiger partial charge in [-0.05, 0) is 18.8 Å². The van der Waals surface area contributed by atoms with Gasteiger partial charge in [-0.3, -0.25) is 4.79 Å². The number of hydrogen-bond acceptors (Lipinski definition) is 2. The van der Waals surface area contributed by atoms with Crippen molar-refractivity contribution < 1.29 is 9.90 Å². The van der Waals surface area contributed by atoms with Gasteiger partial charge in [0.25, 0.3) is 0 Å². The fraction of sp³-hybridized carbons (Fsp3) is 0.923. The first-order chi connectivity index (χ1) is 7.57. The largest absolute Gasteiger partial charge is 0.394 e. The number of aliphatic hydroxyl groups excluding tert-OH is 1. The number of hydrogen-bond donors (Lipinski definition) is 1. The molecule has 0 aromatic heterocycles. The minimum Gasteiger partial charge on any atom is -0.394 e. The third-order valence-corrected chi connectivity index (χ3v) is 3.76. The van der Waals surface area contributed by atoms with Gasteiger partial charge in [0.1, 0.15) is 0 Å². The smallest absolute Gasteiger partial charge is 0.225 e. The van der Waals surface area contributed by atoms with E-state index in [-0.39, 0.29) is 24.5 Å². The molecule has 16 heavy (non-hydrogen) atoms. The highest BCUT2D eigenvalue weighted by molar-refractivity contribution is 5.79. The molecular weight excluding hydrogens is 202 g/mol. The molecule has 1 aliphatic heterocycles. The number of amides is 1. The number of rotatable bonds is 3. The highest BCUT2D eigenvalue weighted by Gasteiger charge is 2.29. The first-order valence-electron chi connectivity index (χ1n) is 6.49. The molecule has 2 atom stereocenters. The van der Waals surface area contributed by atoms with Gasteiger partial charge in [-0.15, -0.1) is 0 Å². The van der Waals surface area contributed by atoms with Crippen LogP contribution >= 0.6 is 0 Å². The molecule has 0 bridgehead atoms. The van der Waals surface area contributed by atoms with Crippen molar-refractivity contribution in [1.82, 2.24) is 4.90 Å². The van der Waals surface area contributed by atoms with Crippen LogP contribution in [0.1, 0.15) is 46.5 Å². The van der Waals surface area contributed by atoms with Gasteiger partial charge in [-0.2, -0.15) is 0 Å². The quantitative estimate of drug-likeness (QED) is 0.801. The molecule has 1 N–H and O–H groups in total. The second-order valence-corrected chi connectivity index (χ2v) is 5.25. The van der Waals surface area contributed by atoms with Crippen LogP contribution in [0.4, 0.5) is 0 Å². The summed E-state index contributed by atoms with van der Waals surface area (Å²) in [6.07, 6.45) is 4.33. The van der Waals surface area contributed by atoms with Crippen LogP contribution in [0.5, 0.6) is 0 Å². The molecule has 3 nitrogen and oxygen atoms in total. The van der Waals surface area contributed by atoms with Gasteiger partial charge in [0, 0.05) is 12.5 Å². The number of aliphatic hydroxyl groups is 1. The highest BCUT2D eigenvalue weighted by Crippen LogP contribution is 2.21. The summed E-state index contributed by atoms with van der Waals surface area (Å²) in [6, 6.07) is 0.0520. The summed E-state index contributed by atoms with van der Waals surface area (Å²) >= 11 is 0. The molecule has 0 aromatic carbocycles. The van der Waals surface area contributed by atoms with E-state index in [9.17, 15) is 9.90 Å². The molecule has 1 rings (SSSR count). The van der Waals surface area contributed by atoms with Crippen molar-refractivity contribution in [3.05, 3.63) is 0 Å². The van der Waals surface area contributed by atoms with Crippen LogP contribution in [0.15, 0.2) is 0 Å². The lowest BCUT2D eigenvalue weighted by Gasteiger charge is -2.32. The zero-order valence-corrected chi connectivity index (χ0v) is 10.8. The number of carbonyl (C=O) groups excluding carboxylic acids is 1. The monoisotopic (exact) mass is 227 g/mol. The van der Waals surface area contributed by atoms with Crippen LogP contribution in [0.25, 0.3) is 0 Å². The normalized spacial score (nSPS) is 24.3. The summed E-state index contributed by atoms with van der Waals surface area (Å²) in [7, 11) is 0. The SMILES string of the molecule is CC(C)C(C)C(=O)N1CCCCCC1CO. The third-order valence-electron chi connectivity index (χ3n) is 3.76. The zero-order valence-electron chi connectivity index (χ0n) is 10.8. The Kier molecular flexibility index (Phi) is 5.26. The lowest BCUT2D eigenvalue weighted by Crippen LogP contribution is -2.45. The van der Waals surface area contributed by atoms with E-state index in [1.54, 1.807) is 0 Å². The molecule has 0 aliphatic carbocycles. The third kappa shape index (κ3) is 3.21. The second-order valence-electron chi connectivity index (χ2n) is 5.25. The van der Waals surface area contributed by atoms with Gasteiger partial charge in [0.2, 0.25) is 5.91 Å². The molecule has 0 radical (unpaired) electrons. The maximum atomic E-state index is 12.3. The molecule has 1 fully saturated rings. The van der Waals surface area contributed by atoms with Crippen molar-refractivity contribution in [1.29, 1.82) is 0 Å². The van der Waals surface area contributed by atoms with E-state index >= 15 is 0 Å². The Morgan fingerprint density at radius 1 is 1.31 bits per heavy atom. The highest BCUT2D eigenvalue weighted by atomic mass is 16.3. The van der Waals surface area contributed by atoms with Gasteiger partial charge in [-0.25, -0.2) is 0 Å². The molecule has 1 heterocycles. The first-order valence-corrected chi connectivity index (χ1v) is 6.49. The van der Waals surface area contributed by atoms with Crippen LogP contribution < -0.4 is 0 Å². The second kappa shape index (κ2) is 6.24. The van der Waals surface area contributed by atoms with E-state index in [2.05, 4.69) is 13.8 Å². The maximum Gasteiger partial charge on any atom is 0.225 e. The van der Waals surface area contributed by atoms with E-state index in [1.165, 1.54) is 6.42 Å². The number of likely N-dealkylation sites (tertiary alicyclic amines) is 1. The number of carbonyl (C=O) groups is 1. The summed E-state index contributed by atoms with van der Waals surface area (Å²) < 4.78 is 0. The summed E-state index contributed by atoms with van der Waals surface area (Å²) in [5.74, 6) is 0.651. The van der Waals surface area contributed by atoms with Crippen molar-refractivity contribution in [2.75, 3.05) is 13.2 Å². The predicted molar refractivity (Wildman–Crippen MR) is 65.1 cm³/mol. The fourth-order valence-electron chi connectivity index (χ4n) is 2.20. The van der Waals surface area contributed by atoms with Crippen LogP contribution in [0, 0.1) is 11.8 Å². The van der Waals surface area contributed by atoms with Gasteiger partial charge >= 0.3 is 0 Å². The lowest BCUT2D eigenvalue weighted by molar-refractivity contribution is -0.139. The average molecular weight is 227 g/mol. The Labute approximate surface area is 98.8 Å². The van der Waals surface area contributed by atoms with E-state index in [0.29, 0.717) is 5.92 Å². The predicted octanol–water partition coefficient (Wildman–Crippen LogP) is 2.04. The molecule has 3 heteroatoms. The topological polar surface area (TPSA) is 40.5 Å². The van der Waals surface area contributed by atoms with E-state index in [1.807, 2.05) is 11.8 Å². The van der Waals surface area contributed by atoms with Gasteiger partial charge in [0.15, 0.2) is 0 Å². The number of nitrogens with zero attached hydrogens (tertiary/aromatic N) is 1. The minimum absolute atomic E-state index is 0.0520. The lowest BCUT2D eigenvalue weighted by atomic mass is 9.95. The maximum absolute atomic E-state index is 12.3. The summed E-state index contributed by atoms with van der Waals surface area (Å²) in [6.45, 7) is 7.08. The minimum atomic E-state index is 0.0520. The molecule has 94 valence electrons. The van der Waals surface area contributed by atoms with Gasteiger partial charge < -0.3 is 10.0 Å². The first kappa shape index (κ1) is 13.5. The van der Waals surface area contributed by atoms with Crippen molar-refractivity contribution in [2.45, 2.75) is 52.5 Å². The van der Waals surface area contributed by atoms with Crippen molar-refractivity contribution in [3.63, 3.8) is 0 Å². The average Bonchev–Trinajstić information content (AvgIpc) is 2.51. The van der Waals surface area contributed by atoms with Crippen LogP contribution in [-0.2, 0) is 4.79 Å². The Balaban J connectivity index is 2.69. The fourth-order valence-corrected chi connectivity index (χ4v) is 2.20. The van der Waals surface area contributed by atoms with E-state index in [0.717, 1.165) is 25.8 Å². The summed E-state index contributed by atoms with van der Waals surface area (Å²) in [5, 5.41) is 9.36. The Morgan fingerprint density at radius 3 is 2.56 bits per heavy atom. The standard InChI is InChI=1S/C13H25NO2/c1-10(2)11(3)13(16)14-8-6-4-5-7-12(14)9-15/h10-12,15H,4-9H2,1-3H3. The molecule has 0 saturated carbocycles. The molecule has 1 saturated heterocycles. The van der Waals surface area contributed by atoms with Crippen LogP contribution in [0.2, 0.25) is 0 Å². The van der Waals surface area contributed by atoms with Crippen molar-refractivity contribution in [3.8, 4) is 0 Å². The molecule has 2 unspecified atom stereocenters.